The lowest BCUT2D eigenvalue weighted by Crippen LogP contribution is -2.33. The molecular weight excluding hydrogens is 270 g/mol. The molecule has 1 aliphatic heterocycles. The minimum absolute atomic E-state index is 0.136. The van der Waals surface area contributed by atoms with E-state index in [-0.39, 0.29) is 12.3 Å². The third-order valence-electron chi connectivity index (χ3n) is 3.27. The number of rotatable bonds is 1. The molecule has 1 amide bonds. The van der Waals surface area contributed by atoms with Crippen molar-refractivity contribution in [1.82, 2.24) is 24.4 Å². The van der Waals surface area contributed by atoms with Gasteiger partial charge in [0.25, 0.3) is 0 Å². The van der Waals surface area contributed by atoms with E-state index in [9.17, 15) is 4.79 Å². The van der Waals surface area contributed by atoms with E-state index in [1.54, 1.807) is 11.2 Å². The van der Waals surface area contributed by atoms with Gasteiger partial charge >= 0.3 is 6.09 Å². The first-order chi connectivity index (χ1) is 9.22. The number of amides is 1. The molecule has 0 aromatic carbocycles. The predicted octanol–water partition coefficient (Wildman–Crippen LogP) is 1.84. The molecule has 0 radical (unpaired) electrons. The van der Waals surface area contributed by atoms with Crippen LogP contribution in [0.5, 0.6) is 0 Å². The van der Waals surface area contributed by atoms with E-state index < -0.39 is 0 Å². The molecule has 0 saturated carbocycles. The van der Waals surface area contributed by atoms with Gasteiger partial charge in [0.05, 0.1) is 13.4 Å². The highest BCUT2D eigenvalue weighted by molar-refractivity contribution is 6.33. The number of halogens is 1. The Balaban J connectivity index is 2.04. The van der Waals surface area contributed by atoms with Gasteiger partial charge in [0, 0.05) is 6.54 Å². The Bertz CT molecular complexity index is 629. The van der Waals surface area contributed by atoms with E-state index in [1.807, 2.05) is 4.57 Å². The molecule has 1 fully saturated rings. The van der Waals surface area contributed by atoms with Crippen LogP contribution < -0.4 is 0 Å². The molecular formula is C11H12ClN5O2. The van der Waals surface area contributed by atoms with Crippen LogP contribution in [0.4, 0.5) is 4.79 Å². The van der Waals surface area contributed by atoms with Crippen LogP contribution >= 0.6 is 11.6 Å². The van der Waals surface area contributed by atoms with Crippen LogP contribution in [0.2, 0.25) is 5.15 Å². The molecule has 0 N–H and O–H groups in total. The third-order valence-corrected chi connectivity index (χ3v) is 3.54. The van der Waals surface area contributed by atoms with Crippen molar-refractivity contribution in [2.75, 3.05) is 13.7 Å². The Labute approximate surface area is 114 Å². The Kier molecular flexibility index (Phi) is 2.98. The summed E-state index contributed by atoms with van der Waals surface area (Å²) in [4.78, 5) is 25.7. The summed E-state index contributed by atoms with van der Waals surface area (Å²) >= 11 is 5.97. The van der Waals surface area contributed by atoms with Crippen molar-refractivity contribution in [3.8, 4) is 0 Å². The van der Waals surface area contributed by atoms with E-state index in [1.165, 1.54) is 13.4 Å². The van der Waals surface area contributed by atoms with E-state index in [2.05, 4.69) is 15.0 Å². The van der Waals surface area contributed by atoms with Gasteiger partial charge in [-0.2, -0.15) is 0 Å². The van der Waals surface area contributed by atoms with E-state index in [4.69, 9.17) is 16.3 Å². The molecule has 0 bridgehead atoms. The smallest absolute Gasteiger partial charge is 0.411 e. The second-order valence-corrected chi connectivity index (χ2v) is 4.63. The molecule has 0 unspecified atom stereocenters. The standard InChI is InChI=1S/C11H12ClN5O2/c1-19-11(18)16-4-2-3-7(16)17-6-15-8-9(12)13-5-14-10(8)17/h5-7H,2-4H2,1H3/t7-/m1/s1. The Hall–Kier alpha value is -1.89. The second kappa shape index (κ2) is 4.65. The monoisotopic (exact) mass is 281 g/mol. The molecule has 1 aliphatic rings. The van der Waals surface area contributed by atoms with Gasteiger partial charge in [-0.05, 0) is 12.8 Å². The minimum atomic E-state index is -0.343. The summed E-state index contributed by atoms with van der Waals surface area (Å²) in [5.74, 6) is 0. The Morgan fingerprint density at radius 1 is 1.47 bits per heavy atom. The number of hydrogen-bond donors (Lipinski definition) is 0. The zero-order valence-corrected chi connectivity index (χ0v) is 11.0. The predicted molar refractivity (Wildman–Crippen MR) is 67.7 cm³/mol. The summed E-state index contributed by atoms with van der Waals surface area (Å²) in [6.45, 7) is 0.663. The summed E-state index contributed by atoms with van der Waals surface area (Å²) in [6.07, 6.45) is 4.30. The van der Waals surface area contributed by atoms with Gasteiger partial charge in [-0.1, -0.05) is 11.6 Å². The molecule has 8 heteroatoms. The number of nitrogens with zero attached hydrogens (tertiary/aromatic N) is 5. The highest BCUT2D eigenvalue weighted by atomic mass is 35.5. The average molecular weight is 282 g/mol. The van der Waals surface area contributed by atoms with Crippen molar-refractivity contribution >= 4 is 28.9 Å². The number of carbonyl (C=O) groups excluding carboxylic acids is 1. The van der Waals surface area contributed by atoms with Crippen molar-refractivity contribution in [3.05, 3.63) is 17.8 Å². The number of likely N-dealkylation sites (tertiary alicyclic amines) is 1. The fourth-order valence-corrected chi connectivity index (χ4v) is 2.59. The highest BCUT2D eigenvalue weighted by Gasteiger charge is 2.32. The first-order valence-corrected chi connectivity index (χ1v) is 6.28. The first kappa shape index (κ1) is 12.2. The lowest BCUT2D eigenvalue weighted by molar-refractivity contribution is 0.105. The van der Waals surface area contributed by atoms with Crippen LogP contribution in [-0.4, -0.2) is 44.2 Å². The maximum Gasteiger partial charge on any atom is 0.411 e. The van der Waals surface area contributed by atoms with Gasteiger partial charge in [-0.25, -0.2) is 19.7 Å². The maximum atomic E-state index is 11.7. The van der Waals surface area contributed by atoms with Crippen molar-refractivity contribution < 1.29 is 9.53 Å². The van der Waals surface area contributed by atoms with Crippen LogP contribution in [0, 0.1) is 0 Å². The molecule has 3 heterocycles. The molecule has 1 saturated heterocycles. The highest BCUT2D eigenvalue weighted by Crippen LogP contribution is 2.30. The Morgan fingerprint density at radius 3 is 3.11 bits per heavy atom. The van der Waals surface area contributed by atoms with Crippen LogP contribution in [0.1, 0.15) is 19.0 Å². The minimum Gasteiger partial charge on any atom is -0.453 e. The Morgan fingerprint density at radius 2 is 2.32 bits per heavy atom. The molecule has 7 nitrogen and oxygen atoms in total. The fraction of sp³-hybridized carbons (Fsp3) is 0.455. The van der Waals surface area contributed by atoms with Gasteiger partial charge in [0.1, 0.15) is 18.0 Å². The lowest BCUT2D eigenvalue weighted by Gasteiger charge is -2.24. The van der Waals surface area contributed by atoms with Gasteiger partial charge < -0.3 is 4.74 Å². The average Bonchev–Trinajstić information content (AvgIpc) is 3.04. The second-order valence-electron chi connectivity index (χ2n) is 4.27. The van der Waals surface area contributed by atoms with Crippen LogP contribution in [0.25, 0.3) is 11.2 Å². The topological polar surface area (TPSA) is 73.1 Å². The third kappa shape index (κ3) is 1.90. The van der Waals surface area contributed by atoms with E-state index in [0.717, 1.165) is 12.8 Å². The van der Waals surface area contributed by atoms with Gasteiger partial charge in [0.15, 0.2) is 10.8 Å². The number of carbonyl (C=O) groups is 1. The number of aromatic nitrogens is 4. The SMILES string of the molecule is COC(=O)N1CCC[C@H]1n1cnc2c(Cl)ncnc21. The molecule has 3 rings (SSSR count). The van der Waals surface area contributed by atoms with Gasteiger partial charge in [0.2, 0.25) is 0 Å². The number of fused-ring (bicyclic) bond motifs is 1. The van der Waals surface area contributed by atoms with Crippen molar-refractivity contribution in [2.45, 2.75) is 19.0 Å². The van der Waals surface area contributed by atoms with Crippen LogP contribution in [0.3, 0.4) is 0 Å². The summed E-state index contributed by atoms with van der Waals surface area (Å²) in [5.41, 5.74) is 1.17. The molecule has 19 heavy (non-hydrogen) atoms. The van der Waals surface area contributed by atoms with E-state index in [0.29, 0.717) is 22.9 Å². The van der Waals surface area contributed by atoms with Crippen molar-refractivity contribution in [2.24, 2.45) is 0 Å². The number of ether oxygens (including phenoxy) is 1. The summed E-state index contributed by atoms with van der Waals surface area (Å²) in [7, 11) is 1.38. The summed E-state index contributed by atoms with van der Waals surface area (Å²) < 4.78 is 6.63. The first-order valence-electron chi connectivity index (χ1n) is 5.90. The zero-order valence-electron chi connectivity index (χ0n) is 10.3. The van der Waals surface area contributed by atoms with Gasteiger partial charge in [-0.3, -0.25) is 9.47 Å². The normalized spacial score (nSPS) is 19.1. The molecule has 100 valence electrons. The number of imidazole rings is 1. The molecule has 0 spiro atoms. The molecule has 2 aromatic rings. The fourth-order valence-electron chi connectivity index (χ4n) is 2.41. The largest absolute Gasteiger partial charge is 0.453 e. The van der Waals surface area contributed by atoms with Crippen LogP contribution in [0.15, 0.2) is 12.7 Å². The zero-order chi connectivity index (χ0) is 13.4. The molecule has 1 atom stereocenters. The van der Waals surface area contributed by atoms with Gasteiger partial charge in [-0.15, -0.1) is 0 Å². The van der Waals surface area contributed by atoms with Crippen molar-refractivity contribution in [1.29, 1.82) is 0 Å². The number of hydrogen-bond acceptors (Lipinski definition) is 5. The van der Waals surface area contributed by atoms with Crippen LogP contribution in [-0.2, 0) is 4.74 Å². The summed E-state index contributed by atoms with van der Waals surface area (Å²) in [5, 5.41) is 0.311. The number of methoxy groups -OCH3 is 1. The molecule has 2 aromatic heterocycles. The quantitative estimate of drug-likeness (QED) is 0.746. The van der Waals surface area contributed by atoms with Crippen molar-refractivity contribution in [3.63, 3.8) is 0 Å². The maximum absolute atomic E-state index is 11.7. The lowest BCUT2D eigenvalue weighted by atomic mass is 10.3. The summed E-state index contributed by atoms with van der Waals surface area (Å²) in [6, 6.07) is 0. The molecule has 0 aliphatic carbocycles. The van der Waals surface area contributed by atoms with E-state index >= 15 is 0 Å².